The molecule has 2 aromatic rings. The van der Waals surface area contributed by atoms with Crippen molar-refractivity contribution >= 4 is 11.9 Å². The van der Waals surface area contributed by atoms with Gasteiger partial charge < -0.3 is 15.0 Å². The largest absolute Gasteiger partial charge is 0.463 e. The summed E-state index contributed by atoms with van der Waals surface area (Å²) in [5.74, 6) is -0.766. The lowest BCUT2D eigenvalue weighted by atomic mass is 10.0. The van der Waals surface area contributed by atoms with Gasteiger partial charge in [-0.25, -0.2) is 0 Å². The summed E-state index contributed by atoms with van der Waals surface area (Å²) in [5, 5.41) is 2.81. The third kappa shape index (κ3) is 5.08. The van der Waals surface area contributed by atoms with E-state index in [0.717, 1.165) is 5.56 Å². The average molecular weight is 328 g/mol. The zero-order chi connectivity index (χ0) is 17.5. The maximum absolute atomic E-state index is 12.4. The number of carbonyl (C=O) groups excluding carboxylic acids is 2. The molecule has 0 saturated carbocycles. The highest BCUT2D eigenvalue weighted by atomic mass is 16.5. The Morgan fingerprint density at radius 2 is 1.83 bits per heavy atom. The van der Waals surface area contributed by atoms with Gasteiger partial charge in [0.05, 0.1) is 24.1 Å². The lowest BCUT2D eigenvalue weighted by Gasteiger charge is -2.19. The molecular formula is C18H20N2O4. The lowest BCUT2D eigenvalue weighted by Crippen LogP contribution is -2.31. The van der Waals surface area contributed by atoms with E-state index in [4.69, 9.17) is 4.74 Å². The molecule has 0 spiro atoms. The highest BCUT2D eigenvalue weighted by molar-refractivity contribution is 5.94. The molecular weight excluding hydrogens is 308 g/mol. The second-order valence-electron chi connectivity index (χ2n) is 5.62. The molecule has 1 aromatic carbocycles. The summed E-state index contributed by atoms with van der Waals surface area (Å²) < 4.78 is 5.17. The fraction of sp³-hybridized carbons (Fsp3) is 0.278. The van der Waals surface area contributed by atoms with E-state index in [2.05, 4.69) is 10.3 Å². The molecule has 24 heavy (non-hydrogen) atoms. The highest BCUT2D eigenvalue weighted by Gasteiger charge is 2.20. The molecule has 0 unspecified atom stereocenters. The van der Waals surface area contributed by atoms with Gasteiger partial charge >= 0.3 is 5.97 Å². The quantitative estimate of drug-likeness (QED) is 0.796. The Bertz CT molecular complexity index is 733. The van der Waals surface area contributed by atoms with Crippen LogP contribution in [0.3, 0.4) is 0 Å². The van der Waals surface area contributed by atoms with E-state index in [1.807, 2.05) is 30.3 Å². The molecule has 0 bridgehead atoms. The summed E-state index contributed by atoms with van der Waals surface area (Å²) in [4.78, 5) is 37.9. The zero-order valence-corrected chi connectivity index (χ0v) is 13.6. The van der Waals surface area contributed by atoms with E-state index < -0.39 is 6.04 Å². The maximum atomic E-state index is 12.4. The van der Waals surface area contributed by atoms with Crippen molar-refractivity contribution in [2.75, 3.05) is 0 Å². The smallest absolute Gasteiger partial charge is 0.308 e. The van der Waals surface area contributed by atoms with Crippen LogP contribution in [0.25, 0.3) is 0 Å². The van der Waals surface area contributed by atoms with Gasteiger partial charge in [-0.2, -0.15) is 0 Å². The van der Waals surface area contributed by atoms with Gasteiger partial charge in [-0.05, 0) is 25.5 Å². The molecule has 1 heterocycles. The number of carbonyl (C=O) groups is 2. The number of pyridine rings is 1. The minimum absolute atomic E-state index is 0.0251. The van der Waals surface area contributed by atoms with E-state index in [-0.39, 0.29) is 30.0 Å². The monoisotopic (exact) mass is 328 g/mol. The van der Waals surface area contributed by atoms with Gasteiger partial charge in [0.25, 0.3) is 5.91 Å². The van der Waals surface area contributed by atoms with Crippen LogP contribution in [-0.4, -0.2) is 23.0 Å². The number of nitrogens with one attached hydrogen (secondary N) is 2. The van der Waals surface area contributed by atoms with Crippen LogP contribution in [0.2, 0.25) is 0 Å². The Labute approximate surface area is 139 Å². The van der Waals surface area contributed by atoms with Gasteiger partial charge in [0, 0.05) is 12.3 Å². The first kappa shape index (κ1) is 17.5. The summed E-state index contributed by atoms with van der Waals surface area (Å²) >= 11 is 0. The maximum Gasteiger partial charge on any atom is 0.308 e. The Balaban J connectivity index is 2.16. The van der Waals surface area contributed by atoms with Crippen LogP contribution in [0, 0.1) is 0 Å². The molecule has 0 radical (unpaired) electrons. The van der Waals surface area contributed by atoms with Crippen molar-refractivity contribution in [3.8, 4) is 0 Å². The van der Waals surface area contributed by atoms with E-state index in [0.29, 0.717) is 5.56 Å². The number of hydrogen-bond donors (Lipinski definition) is 2. The Hall–Kier alpha value is -2.89. The molecule has 2 rings (SSSR count). The molecule has 0 aliphatic carbocycles. The second kappa shape index (κ2) is 8.10. The minimum atomic E-state index is -0.517. The summed E-state index contributed by atoms with van der Waals surface area (Å²) in [6.45, 7) is 3.54. The third-order valence-corrected chi connectivity index (χ3v) is 3.29. The molecule has 0 saturated heterocycles. The number of H-pyrrole nitrogens is 1. The normalized spacial score (nSPS) is 11.8. The van der Waals surface area contributed by atoms with Crippen molar-refractivity contribution < 1.29 is 14.3 Å². The average Bonchev–Trinajstić information content (AvgIpc) is 2.55. The number of rotatable bonds is 6. The number of ether oxygens (including phenoxy) is 1. The molecule has 1 aromatic heterocycles. The molecule has 0 fully saturated rings. The van der Waals surface area contributed by atoms with E-state index >= 15 is 0 Å². The van der Waals surface area contributed by atoms with E-state index in [9.17, 15) is 14.4 Å². The van der Waals surface area contributed by atoms with Crippen LogP contribution < -0.4 is 10.9 Å². The summed E-state index contributed by atoms with van der Waals surface area (Å²) in [5.41, 5.74) is 0.829. The van der Waals surface area contributed by atoms with Crippen molar-refractivity contribution in [3.05, 3.63) is 70.1 Å². The zero-order valence-electron chi connectivity index (χ0n) is 13.6. The first-order valence-corrected chi connectivity index (χ1v) is 7.69. The Kier molecular flexibility index (Phi) is 5.89. The van der Waals surface area contributed by atoms with Crippen LogP contribution in [0.4, 0.5) is 0 Å². The number of aromatic nitrogens is 1. The van der Waals surface area contributed by atoms with Crippen LogP contribution in [0.5, 0.6) is 0 Å². The van der Waals surface area contributed by atoms with Gasteiger partial charge in [-0.15, -0.1) is 0 Å². The van der Waals surface area contributed by atoms with Crippen LogP contribution >= 0.6 is 0 Å². The SMILES string of the molecule is CC(C)OC(=O)C[C@@H](NC(=O)c1ccc(=O)[nH]c1)c1ccccc1. The molecule has 0 aliphatic heterocycles. The molecule has 0 aliphatic rings. The highest BCUT2D eigenvalue weighted by Crippen LogP contribution is 2.18. The Morgan fingerprint density at radius 1 is 1.12 bits per heavy atom. The van der Waals surface area contributed by atoms with Gasteiger partial charge in [0.2, 0.25) is 5.56 Å². The van der Waals surface area contributed by atoms with Crippen LogP contribution in [0.15, 0.2) is 53.5 Å². The summed E-state index contributed by atoms with van der Waals surface area (Å²) in [6.07, 6.45) is 1.15. The third-order valence-electron chi connectivity index (χ3n) is 3.29. The van der Waals surface area contributed by atoms with E-state index in [1.165, 1.54) is 18.3 Å². The second-order valence-corrected chi connectivity index (χ2v) is 5.62. The number of aromatic amines is 1. The molecule has 6 nitrogen and oxygen atoms in total. The van der Waals surface area contributed by atoms with Gasteiger partial charge in [0.1, 0.15) is 0 Å². The molecule has 6 heteroatoms. The predicted molar refractivity (Wildman–Crippen MR) is 89.6 cm³/mol. The van der Waals surface area contributed by atoms with Gasteiger partial charge in [-0.3, -0.25) is 14.4 Å². The predicted octanol–water partition coefficient (Wildman–Crippen LogP) is 2.19. The lowest BCUT2D eigenvalue weighted by molar-refractivity contribution is -0.147. The standard InChI is InChI=1S/C18H20N2O4/c1-12(2)24-17(22)10-15(13-6-4-3-5-7-13)20-18(23)14-8-9-16(21)19-11-14/h3-9,11-12,15H,10H2,1-2H3,(H,19,21)(H,20,23)/t15-/m1/s1. The van der Waals surface area contributed by atoms with Crippen molar-refractivity contribution in [1.29, 1.82) is 0 Å². The molecule has 2 N–H and O–H groups in total. The Morgan fingerprint density at radius 3 is 2.42 bits per heavy atom. The molecule has 126 valence electrons. The van der Waals surface area contributed by atoms with E-state index in [1.54, 1.807) is 13.8 Å². The number of hydrogen-bond acceptors (Lipinski definition) is 4. The number of amides is 1. The fourth-order valence-corrected chi connectivity index (χ4v) is 2.21. The van der Waals surface area contributed by atoms with Crippen LogP contribution in [0.1, 0.15) is 42.2 Å². The first-order chi connectivity index (χ1) is 11.5. The topological polar surface area (TPSA) is 88.3 Å². The summed E-state index contributed by atoms with van der Waals surface area (Å²) in [6, 6.07) is 11.4. The van der Waals surface area contributed by atoms with Crippen molar-refractivity contribution in [2.45, 2.75) is 32.4 Å². The van der Waals surface area contributed by atoms with Crippen molar-refractivity contribution in [3.63, 3.8) is 0 Å². The molecule has 1 atom stereocenters. The van der Waals surface area contributed by atoms with Crippen molar-refractivity contribution in [2.24, 2.45) is 0 Å². The molecule has 1 amide bonds. The fourth-order valence-electron chi connectivity index (χ4n) is 2.21. The van der Waals surface area contributed by atoms with Crippen molar-refractivity contribution in [1.82, 2.24) is 10.3 Å². The summed E-state index contributed by atoms with van der Waals surface area (Å²) in [7, 11) is 0. The van der Waals surface area contributed by atoms with Gasteiger partial charge in [-0.1, -0.05) is 30.3 Å². The van der Waals surface area contributed by atoms with Gasteiger partial charge in [0.15, 0.2) is 0 Å². The van der Waals surface area contributed by atoms with Crippen LogP contribution in [-0.2, 0) is 9.53 Å². The first-order valence-electron chi connectivity index (χ1n) is 7.69. The number of benzene rings is 1. The minimum Gasteiger partial charge on any atom is -0.463 e. The number of esters is 1.